The molecule has 0 aliphatic heterocycles. The lowest BCUT2D eigenvalue weighted by atomic mass is 9.99. The zero-order chi connectivity index (χ0) is 68.6. The molecule has 0 amide bonds. The van der Waals surface area contributed by atoms with E-state index in [9.17, 15) is 43.2 Å². The summed E-state index contributed by atoms with van der Waals surface area (Å²) in [4.78, 5) is 72.6. The number of phosphoric ester groups is 2. The Kier molecular flexibility index (Phi) is 64.6. The molecule has 0 aromatic rings. The predicted molar refractivity (Wildman–Crippen MR) is 377 cm³/mol. The van der Waals surface area contributed by atoms with Crippen LogP contribution < -0.4 is 0 Å². The molecule has 3 N–H and O–H groups in total. The van der Waals surface area contributed by atoms with Gasteiger partial charge in [-0.1, -0.05) is 330 Å². The fourth-order valence-corrected chi connectivity index (χ4v) is 12.8. The van der Waals surface area contributed by atoms with Crippen LogP contribution in [-0.4, -0.2) is 96.7 Å². The van der Waals surface area contributed by atoms with Gasteiger partial charge in [-0.3, -0.25) is 37.3 Å². The number of carbonyl (C=O) groups is 4. The summed E-state index contributed by atoms with van der Waals surface area (Å²) in [6.07, 6.45) is 52.9. The average molecular weight is 1370 g/mol. The Balaban J connectivity index is 5.20. The molecule has 0 aliphatic carbocycles. The van der Waals surface area contributed by atoms with Crippen LogP contribution >= 0.6 is 15.6 Å². The Morgan fingerprint density at radius 1 is 0.312 bits per heavy atom. The molecule has 6 atom stereocenters. The molecule has 19 heteroatoms. The van der Waals surface area contributed by atoms with Gasteiger partial charge >= 0.3 is 39.5 Å². The van der Waals surface area contributed by atoms with Crippen molar-refractivity contribution in [1.29, 1.82) is 0 Å². The Hall–Kier alpha value is -1.94. The number of esters is 4. The fourth-order valence-electron chi connectivity index (χ4n) is 11.3. The monoisotopic (exact) mass is 1370 g/mol. The third-order valence-corrected chi connectivity index (χ3v) is 19.5. The maximum absolute atomic E-state index is 13.1. The van der Waals surface area contributed by atoms with Crippen molar-refractivity contribution in [1.82, 2.24) is 0 Å². The van der Waals surface area contributed by atoms with E-state index in [2.05, 4.69) is 41.5 Å². The van der Waals surface area contributed by atoms with Gasteiger partial charge in [-0.2, -0.15) is 0 Å². The third-order valence-electron chi connectivity index (χ3n) is 17.6. The van der Waals surface area contributed by atoms with E-state index in [-0.39, 0.29) is 25.7 Å². The molecule has 0 heterocycles. The first-order valence-corrected chi connectivity index (χ1v) is 41.5. The summed E-state index contributed by atoms with van der Waals surface area (Å²) in [5.41, 5.74) is 0. The van der Waals surface area contributed by atoms with E-state index in [4.69, 9.17) is 37.0 Å². The molecule has 0 spiro atoms. The van der Waals surface area contributed by atoms with Crippen LogP contribution in [0.5, 0.6) is 0 Å². The van der Waals surface area contributed by atoms with Crippen molar-refractivity contribution in [2.75, 3.05) is 39.6 Å². The van der Waals surface area contributed by atoms with Gasteiger partial charge in [-0.25, -0.2) is 9.13 Å². The molecule has 0 aromatic heterocycles. The summed E-state index contributed by atoms with van der Waals surface area (Å²) >= 11 is 0. The van der Waals surface area contributed by atoms with E-state index in [1.807, 2.05) is 0 Å². The highest BCUT2D eigenvalue weighted by atomic mass is 31.2. The number of aliphatic hydroxyl groups excluding tert-OH is 1. The lowest BCUT2D eigenvalue weighted by Crippen LogP contribution is -2.30. The predicted octanol–water partition coefficient (Wildman–Crippen LogP) is 21.6. The summed E-state index contributed by atoms with van der Waals surface area (Å²) in [7, 11) is -9.91. The molecule has 0 saturated heterocycles. The van der Waals surface area contributed by atoms with Crippen molar-refractivity contribution >= 4 is 39.5 Å². The van der Waals surface area contributed by atoms with Crippen molar-refractivity contribution in [3.05, 3.63) is 0 Å². The van der Waals surface area contributed by atoms with Crippen molar-refractivity contribution < 1.29 is 80.2 Å². The highest BCUT2D eigenvalue weighted by molar-refractivity contribution is 7.47. The fraction of sp³-hybridized carbons (Fsp3) is 0.946. The van der Waals surface area contributed by atoms with E-state index in [0.29, 0.717) is 31.6 Å². The van der Waals surface area contributed by atoms with Crippen molar-refractivity contribution in [2.24, 2.45) is 11.8 Å². The minimum atomic E-state index is -4.95. The number of unbranched alkanes of at least 4 members (excludes halogenated alkanes) is 42. The highest BCUT2D eigenvalue weighted by Crippen LogP contribution is 2.45. The van der Waals surface area contributed by atoms with Crippen molar-refractivity contribution in [3.63, 3.8) is 0 Å². The molecular weight excluding hydrogens is 1220 g/mol. The van der Waals surface area contributed by atoms with Gasteiger partial charge < -0.3 is 33.8 Å². The standard InChI is InChI=1S/C74H144O17P2/c1-7-10-12-14-16-18-20-22-23-24-25-26-27-28-29-31-33-39-47-53-59-74(79)90-69(62-84-71(76)56-50-44-37-35-34-36-43-49-55-67(6)9-3)64-88-92(80,81)86-60-68(75)61-87-93(82,83)89-65-70(63-85-72(77)57-51-45-41-40-42-48-54-66(4)5)91-73(78)58-52-46-38-32-30-21-19-17-15-13-11-8-2/h66-70,75H,7-65H2,1-6H3,(H,80,81)(H,82,83)/t67?,68-,69-,70-/m1/s1. The highest BCUT2D eigenvalue weighted by Gasteiger charge is 2.30. The van der Waals surface area contributed by atoms with Gasteiger partial charge in [0.05, 0.1) is 26.4 Å². The SMILES string of the molecule is CCCCCCCCCCCCCCCCCCCCCCC(=O)O[C@H](COC(=O)CCCCCCCCCCC(C)CC)COP(=O)(O)OC[C@@H](O)COP(=O)(O)OC[C@@H](COC(=O)CCCCCCCCC(C)C)OC(=O)CCCCCCCCCCCCCC. The molecule has 0 saturated carbocycles. The lowest BCUT2D eigenvalue weighted by molar-refractivity contribution is -0.161. The lowest BCUT2D eigenvalue weighted by Gasteiger charge is -2.21. The zero-order valence-corrected chi connectivity index (χ0v) is 62.3. The zero-order valence-electron chi connectivity index (χ0n) is 60.6. The van der Waals surface area contributed by atoms with E-state index in [1.54, 1.807) is 0 Å². The van der Waals surface area contributed by atoms with Gasteiger partial charge in [0.2, 0.25) is 0 Å². The van der Waals surface area contributed by atoms with Gasteiger partial charge in [0.25, 0.3) is 0 Å². The topological polar surface area (TPSA) is 237 Å². The van der Waals surface area contributed by atoms with Crippen LogP contribution in [0, 0.1) is 11.8 Å². The van der Waals surface area contributed by atoms with Crippen LogP contribution in [0.1, 0.15) is 382 Å². The van der Waals surface area contributed by atoms with E-state index < -0.39 is 97.5 Å². The normalized spacial score (nSPS) is 14.3. The van der Waals surface area contributed by atoms with Gasteiger partial charge in [-0.05, 0) is 37.5 Å². The van der Waals surface area contributed by atoms with Crippen LogP contribution in [-0.2, 0) is 65.4 Å². The summed E-state index contributed by atoms with van der Waals surface area (Å²) in [5, 5.41) is 10.6. The summed E-state index contributed by atoms with van der Waals surface area (Å²) in [5.74, 6) is -0.664. The smallest absolute Gasteiger partial charge is 0.462 e. The largest absolute Gasteiger partial charge is 0.472 e. The molecule has 0 rings (SSSR count). The minimum Gasteiger partial charge on any atom is -0.462 e. The number of hydrogen-bond acceptors (Lipinski definition) is 15. The van der Waals surface area contributed by atoms with E-state index >= 15 is 0 Å². The van der Waals surface area contributed by atoms with Gasteiger partial charge in [0.15, 0.2) is 12.2 Å². The van der Waals surface area contributed by atoms with E-state index in [1.165, 1.54) is 193 Å². The van der Waals surface area contributed by atoms with Crippen LogP contribution in [0.4, 0.5) is 0 Å². The Morgan fingerprint density at radius 2 is 0.548 bits per heavy atom. The second kappa shape index (κ2) is 66.0. The number of rotatable bonds is 73. The molecular formula is C74H144O17P2. The van der Waals surface area contributed by atoms with Crippen molar-refractivity contribution in [2.45, 2.75) is 400 Å². The molecule has 0 aromatic carbocycles. The molecule has 0 fully saturated rings. The molecule has 17 nitrogen and oxygen atoms in total. The molecule has 3 unspecified atom stereocenters. The molecule has 93 heavy (non-hydrogen) atoms. The quantitative estimate of drug-likeness (QED) is 0.0222. The minimum absolute atomic E-state index is 0.106. The molecule has 552 valence electrons. The van der Waals surface area contributed by atoms with Gasteiger partial charge in [-0.15, -0.1) is 0 Å². The van der Waals surface area contributed by atoms with E-state index in [0.717, 1.165) is 102 Å². The van der Waals surface area contributed by atoms with Crippen LogP contribution in [0.3, 0.4) is 0 Å². The first-order chi connectivity index (χ1) is 44.9. The number of ether oxygens (including phenoxy) is 4. The first-order valence-electron chi connectivity index (χ1n) is 38.5. The number of aliphatic hydroxyl groups is 1. The molecule has 0 radical (unpaired) electrons. The number of phosphoric acid groups is 2. The van der Waals surface area contributed by atoms with Crippen LogP contribution in [0.25, 0.3) is 0 Å². The number of carbonyl (C=O) groups excluding carboxylic acids is 4. The molecule has 0 aliphatic rings. The molecule has 0 bridgehead atoms. The van der Waals surface area contributed by atoms with Crippen LogP contribution in [0.15, 0.2) is 0 Å². The van der Waals surface area contributed by atoms with Gasteiger partial charge in [0.1, 0.15) is 19.3 Å². The maximum Gasteiger partial charge on any atom is 0.472 e. The van der Waals surface area contributed by atoms with Crippen molar-refractivity contribution in [3.8, 4) is 0 Å². The maximum atomic E-state index is 13.1. The average Bonchev–Trinajstić information content (AvgIpc) is 2.25. The second-order valence-corrected chi connectivity index (χ2v) is 30.3. The Bertz CT molecular complexity index is 1810. The summed E-state index contributed by atoms with van der Waals surface area (Å²) < 4.78 is 68.4. The Morgan fingerprint density at radius 3 is 0.817 bits per heavy atom. The summed E-state index contributed by atoms with van der Waals surface area (Å²) in [6, 6.07) is 0. The Labute approximate surface area is 568 Å². The third kappa shape index (κ3) is 67.0. The first kappa shape index (κ1) is 91.1. The summed E-state index contributed by atoms with van der Waals surface area (Å²) in [6.45, 7) is 9.50. The number of hydrogen-bond donors (Lipinski definition) is 3. The van der Waals surface area contributed by atoms with Crippen LogP contribution in [0.2, 0.25) is 0 Å². The van der Waals surface area contributed by atoms with Gasteiger partial charge in [0, 0.05) is 25.7 Å². The second-order valence-electron chi connectivity index (χ2n) is 27.4.